The number of quaternary nitrogens is 1. The summed E-state index contributed by atoms with van der Waals surface area (Å²) in [5.41, 5.74) is 6.84. The molecule has 6 nitrogen and oxygen atoms in total. The van der Waals surface area contributed by atoms with E-state index in [-0.39, 0.29) is 0 Å². The number of phenolic OH excluding ortho intramolecular Hbond substituents is 1. The predicted molar refractivity (Wildman–Crippen MR) is 71.2 cm³/mol. The first kappa shape index (κ1) is 17.8. The first-order valence-corrected chi connectivity index (χ1v) is 7.17. The Morgan fingerprint density at radius 3 is 1.89 bits per heavy atom. The van der Waals surface area contributed by atoms with E-state index < -0.39 is 10.4 Å². The standard InChI is InChI=1S/C12H19NO.H2O4S/c1-7(2)9-5-10(8(3)4)12(14)11(13)6-9;1-5(2,3)4/h5-8,14H,13H2,1-4H3;(H2,1,2,3,4). The summed E-state index contributed by atoms with van der Waals surface area (Å²) in [7, 11) is -4.92. The molecule has 0 aliphatic rings. The second-order valence-electron chi connectivity index (χ2n) is 4.85. The highest BCUT2D eigenvalue weighted by Gasteiger charge is 2.14. The highest BCUT2D eigenvalue weighted by Crippen LogP contribution is 2.33. The summed E-state index contributed by atoms with van der Waals surface area (Å²) in [5.74, 6) is 1.17. The molecule has 110 valence electrons. The number of aromatic hydroxyl groups is 1. The third kappa shape index (κ3) is 7.12. The van der Waals surface area contributed by atoms with Crippen molar-refractivity contribution >= 4 is 16.1 Å². The molecular weight excluding hydrogens is 270 g/mol. The van der Waals surface area contributed by atoms with Crippen LogP contribution in [-0.4, -0.2) is 22.6 Å². The van der Waals surface area contributed by atoms with Gasteiger partial charge in [-0.25, -0.2) is 8.42 Å². The maximum atomic E-state index is 9.81. The monoisotopic (exact) mass is 291 g/mol. The van der Waals surface area contributed by atoms with Crippen molar-refractivity contribution in [2.75, 3.05) is 0 Å². The SMILES string of the molecule is CC(C)c1cc([NH3+])c(O)c(C(C)C)c1.O=S(=O)([O-])O. The van der Waals surface area contributed by atoms with E-state index in [1.807, 2.05) is 6.07 Å². The zero-order valence-electron chi connectivity index (χ0n) is 11.5. The van der Waals surface area contributed by atoms with Crippen LogP contribution in [0.3, 0.4) is 0 Å². The topological polar surface area (TPSA) is 125 Å². The van der Waals surface area contributed by atoms with Crippen LogP contribution < -0.4 is 5.73 Å². The zero-order chi connectivity index (χ0) is 15.4. The number of benzene rings is 1. The Bertz CT molecular complexity index is 515. The molecule has 1 aromatic carbocycles. The van der Waals surface area contributed by atoms with Crippen LogP contribution in [0.5, 0.6) is 5.75 Å². The minimum atomic E-state index is -4.92. The third-order valence-corrected chi connectivity index (χ3v) is 2.53. The van der Waals surface area contributed by atoms with Gasteiger partial charge in [0.25, 0.3) is 0 Å². The van der Waals surface area contributed by atoms with Gasteiger partial charge in [0.05, 0.1) is 0 Å². The first-order chi connectivity index (χ1) is 8.43. The summed E-state index contributed by atoms with van der Waals surface area (Å²) in [6.07, 6.45) is 0. The van der Waals surface area contributed by atoms with E-state index in [2.05, 4.69) is 39.5 Å². The van der Waals surface area contributed by atoms with Crippen LogP contribution in [0.2, 0.25) is 0 Å². The van der Waals surface area contributed by atoms with Crippen molar-refractivity contribution in [2.24, 2.45) is 0 Å². The Kier molecular flexibility index (Phi) is 6.44. The molecule has 0 aliphatic heterocycles. The summed E-state index contributed by atoms with van der Waals surface area (Å²) in [6, 6.07) is 4.05. The van der Waals surface area contributed by atoms with Crippen molar-refractivity contribution in [3.05, 3.63) is 23.3 Å². The molecule has 0 saturated carbocycles. The Morgan fingerprint density at radius 2 is 1.58 bits per heavy atom. The molecule has 0 atom stereocenters. The lowest BCUT2D eigenvalue weighted by atomic mass is 9.94. The molecule has 19 heavy (non-hydrogen) atoms. The van der Waals surface area contributed by atoms with Crippen LogP contribution in [0.1, 0.15) is 50.7 Å². The van der Waals surface area contributed by atoms with E-state index in [1.54, 1.807) is 0 Å². The molecular formula is C12H21NO5S. The molecule has 0 spiro atoms. The molecule has 1 aromatic rings. The lowest BCUT2D eigenvalue weighted by Crippen LogP contribution is -2.40. The second kappa shape index (κ2) is 6.85. The van der Waals surface area contributed by atoms with E-state index in [0.717, 1.165) is 11.3 Å². The van der Waals surface area contributed by atoms with Gasteiger partial charge in [0.15, 0.2) is 11.4 Å². The molecule has 0 unspecified atom stereocenters. The molecule has 0 amide bonds. The van der Waals surface area contributed by atoms with Crippen LogP contribution in [0.25, 0.3) is 0 Å². The molecule has 1 rings (SSSR count). The molecule has 0 saturated heterocycles. The van der Waals surface area contributed by atoms with Crippen molar-refractivity contribution in [3.8, 4) is 5.75 Å². The summed E-state index contributed by atoms with van der Waals surface area (Å²) < 4.78 is 32.8. The van der Waals surface area contributed by atoms with E-state index in [4.69, 9.17) is 17.5 Å². The van der Waals surface area contributed by atoms with Crippen LogP contribution in [0, 0.1) is 0 Å². The fourth-order valence-electron chi connectivity index (χ4n) is 1.52. The van der Waals surface area contributed by atoms with E-state index in [9.17, 15) is 5.11 Å². The van der Waals surface area contributed by atoms with Crippen molar-refractivity contribution < 1.29 is 28.4 Å². The average Bonchev–Trinajstić information content (AvgIpc) is 2.18. The molecule has 7 heteroatoms. The molecule has 0 fully saturated rings. The molecule has 0 radical (unpaired) electrons. The van der Waals surface area contributed by atoms with Gasteiger partial charge in [-0.1, -0.05) is 33.8 Å². The summed E-state index contributed by atoms with van der Waals surface area (Å²) >= 11 is 0. The minimum absolute atomic E-state index is 0.342. The lowest BCUT2D eigenvalue weighted by molar-refractivity contribution is -0.256. The molecule has 0 aliphatic carbocycles. The van der Waals surface area contributed by atoms with Gasteiger partial charge < -0.3 is 15.4 Å². The Morgan fingerprint density at radius 1 is 1.16 bits per heavy atom. The fraction of sp³-hybridized carbons (Fsp3) is 0.500. The van der Waals surface area contributed by atoms with Gasteiger partial charge in [0.1, 0.15) is 0 Å². The largest absolute Gasteiger partial charge is 0.726 e. The molecule has 0 heterocycles. The second-order valence-corrected chi connectivity index (χ2v) is 5.71. The maximum Gasteiger partial charge on any atom is 0.215 e. The van der Waals surface area contributed by atoms with Gasteiger partial charge in [0, 0.05) is 11.6 Å². The highest BCUT2D eigenvalue weighted by molar-refractivity contribution is 7.79. The quantitative estimate of drug-likeness (QED) is 0.562. The number of phenols is 1. The minimum Gasteiger partial charge on any atom is -0.726 e. The number of rotatable bonds is 2. The van der Waals surface area contributed by atoms with E-state index >= 15 is 0 Å². The Labute approximate surface area is 113 Å². The van der Waals surface area contributed by atoms with Crippen molar-refractivity contribution in [3.63, 3.8) is 0 Å². The van der Waals surface area contributed by atoms with Crippen molar-refractivity contribution in [1.29, 1.82) is 0 Å². The zero-order valence-corrected chi connectivity index (χ0v) is 12.4. The van der Waals surface area contributed by atoms with Crippen molar-refractivity contribution in [2.45, 2.75) is 39.5 Å². The lowest BCUT2D eigenvalue weighted by Gasteiger charge is -2.13. The smallest absolute Gasteiger partial charge is 0.215 e. The Balaban J connectivity index is 0.000000555. The van der Waals surface area contributed by atoms with E-state index in [1.165, 1.54) is 5.56 Å². The van der Waals surface area contributed by atoms with E-state index in [0.29, 0.717) is 17.6 Å². The van der Waals surface area contributed by atoms with Crippen LogP contribution in [0.15, 0.2) is 12.1 Å². The van der Waals surface area contributed by atoms with Crippen LogP contribution in [-0.2, 0) is 10.4 Å². The first-order valence-electron chi connectivity index (χ1n) is 5.80. The van der Waals surface area contributed by atoms with Gasteiger partial charge in [-0.15, -0.1) is 0 Å². The third-order valence-electron chi connectivity index (χ3n) is 2.53. The van der Waals surface area contributed by atoms with Crippen molar-refractivity contribution in [1.82, 2.24) is 0 Å². The van der Waals surface area contributed by atoms with Gasteiger partial charge in [-0.2, -0.15) is 0 Å². The molecule has 0 aromatic heterocycles. The summed E-state index contributed by atoms with van der Waals surface area (Å²) in [4.78, 5) is 0. The summed E-state index contributed by atoms with van der Waals surface area (Å²) in [6.45, 7) is 8.46. The Hall–Kier alpha value is -1.15. The van der Waals surface area contributed by atoms with Crippen LogP contribution in [0.4, 0.5) is 5.69 Å². The van der Waals surface area contributed by atoms with Gasteiger partial charge in [0.2, 0.25) is 10.4 Å². The normalized spacial score (nSPS) is 11.4. The highest BCUT2D eigenvalue weighted by atomic mass is 32.3. The average molecular weight is 291 g/mol. The number of hydrogen-bond donors (Lipinski definition) is 3. The molecule has 5 N–H and O–H groups in total. The predicted octanol–water partition coefficient (Wildman–Crippen LogP) is 1.52. The summed E-state index contributed by atoms with van der Waals surface area (Å²) in [5, 5.41) is 9.81. The van der Waals surface area contributed by atoms with Gasteiger partial charge in [-0.3, -0.25) is 4.55 Å². The fourth-order valence-corrected chi connectivity index (χ4v) is 1.52. The number of hydrogen-bond acceptors (Lipinski definition) is 4. The maximum absolute atomic E-state index is 9.81. The van der Waals surface area contributed by atoms with Gasteiger partial charge in [-0.05, 0) is 17.4 Å². The van der Waals surface area contributed by atoms with Crippen LogP contribution >= 0.6 is 0 Å². The molecule has 0 bridgehead atoms. The van der Waals surface area contributed by atoms with Gasteiger partial charge >= 0.3 is 0 Å².